The van der Waals surface area contributed by atoms with Gasteiger partial charge in [-0.3, -0.25) is 14.8 Å². The van der Waals surface area contributed by atoms with Crippen LogP contribution in [0.15, 0.2) is 17.3 Å². The largest absolute Gasteiger partial charge is 0.447 e. The first kappa shape index (κ1) is 20.1. The number of ether oxygens (including phenoxy) is 2. The molecule has 0 aromatic carbocycles. The number of hydrogen-bond acceptors (Lipinski definition) is 6. The molecule has 1 N–H and O–H groups in total. The third kappa shape index (κ3) is 5.02. The lowest BCUT2D eigenvalue weighted by molar-refractivity contribution is -0.0313. The molecule has 0 aromatic rings. The molecule has 4 atom stereocenters. The molecule has 3 aliphatic rings. The van der Waals surface area contributed by atoms with Crippen molar-refractivity contribution in [3.8, 4) is 0 Å². The number of rotatable bonds is 5. The molecule has 0 aliphatic carbocycles. The van der Waals surface area contributed by atoms with Crippen LogP contribution in [-0.2, 0) is 9.47 Å². The Balaban J connectivity index is 1.48. The summed E-state index contributed by atoms with van der Waals surface area (Å²) >= 11 is 0. The van der Waals surface area contributed by atoms with E-state index in [0.29, 0.717) is 12.5 Å². The van der Waals surface area contributed by atoms with Crippen LogP contribution >= 0.6 is 0 Å². The number of carbonyl (C=O) groups excluding carboxylic acids is 1. The van der Waals surface area contributed by atoms with E-state index in [-0.39, 0.29) is 36.7 Å². The van der Waals surface area contributed by atoms with Gasteiger partial charge in [-0.15, -0.1) is 0 Å². The minimum Gasteiger partial charge on any atom is -0.447 e. The van der Waals surface area contributed by atoms with Crippen molar-refractivity contribution >= 4 is 12.3 Å². The van der Waals surface area contributed by atoms with Crippen molar-refractivity contribution in [3.63, 3.8) is 0 Å². The number of nitrogens with zero attached hydrogens (tertiary/aromatic N) is 3. The van der Waals surface area contributed by atoms with Gasteiger partial charge in [0.1, 0.15) is 0 Å². The van der Waals surface area contributed by atoms with Crippen LogP contribution in [0.3, 0.4) is 0 Å². The van der Waals surface area contributed by atoms with E-state index in [9.17, 15) is 4.79 Å². The topological polar surface area (TPSA) is 66.4 Å². The minimum absolute atomic E-state index is 0.0490. The summed E-state index contributed by atoms with van der Waals surface area (Å²) in [5.41, 5.74) is 0. The van der Waals surface area contributed by atoms with Crippen LogP contribution < -0.4 is 5.32 Å². The van der Waals surface area contributed by atoms with E-state index < -0.39 is 0 Å². The number of likely N-dealkylation sites (tertiary alicyclic amines) is 2. The van der Waals surface area contributed by atoms with Gasteiger partial charge >= 0.3 is 6.09 Å². The quantitative estimate of drug-likeness (QED) is 0.796. The van der Waals surface area contributed by atoms with Gasteiger partial charge in [0.25, 0.3) is 0 Å². The molecule has 27 heavy (non-hydrogen) atoms. The number of piperidine rings is 1. The van der Waals surface area contributed by atoms with Crippen molar-refractivity contribution in [2.45, 2.75) is 77.5 Å². The van der Waals surface area contributed by atoms with Crippen LogP contribution in [0.4, 0.5) is 4.79 Å². The Bertz CT molecular complexity index is 557. The Labute approximate surface area is 162 Å². The molecule has 2 fully saturated rings. The minimum atomic E-state index is -0.209. The van der Waals surface area contributed by atoms with Gasteiger partial charge in [-0.25, -0.2) is 4.79 Å². The van der Waals surface area contributed by atoms with Crippen LogP contribution in [0.25, 0.3) is 0 Å². The van der Waals surface area contributed by atoms with Gasteiger partial charge < -0.3 is 14.8 Å². The molecule has 0 spiro atoms. The summed E-state index contributed by atoms with van der Waals surface area (Å²) in [7, 11) is 0. The summed E-state index contributed by atoms with van der Waals surface area (Å²) in [4.78, 5) is 21.2. The standard InChI is InChI=1S/C20H34N4O3/c1-14(2)27-20(25)24-16(4)12-15(3)18(24)13-26-17-6-10-23(11-7-17)19-21-8-5-9-22-19/h5,8-9,14-19,21H,6-7,10-13H2,1-4H3/t15-,16+,18-,19?/m0/s1. The van der Waals surface area contributed by atoms with E-state index in [0.717, 1.165) is 32.4 Å². The van der Waals surface area contributed by atoms with Crippen molar-refractivity contribution in [2.75, 3.05) is 19.7 Å². The zero-order valence-corrected chi connectivity index (χ0v) is 17.0. The number of aliphatic imine (C=N–C) groups is 1. The highest BCUT2D eigenvalue weighted by molar-refractivity contribution is 5.71. The zero-order chi connectivity index (χ0) is 19.4. The van der Waals surface area contributed by atoms with Crippen LogP contribution in [-0.4, -0.2) is 72.4 Å². The molecular weight excluding hydrogens is 344 g/mol. The van der Waals surface area contributed by atoms with E-state index in [1.54, 1.807) is 0 Å². The molecule has 1 unspecified atom stereocenters. The third-order valence-electron chi connectivity index (χ3n) is 5.73. The van der Waals surface area contributed by atoms with E-state index >= 15 is 0 Å². The molecule has 3 heterocycles. The van der Waals surface area contributed by atoms with Gasteiger partial charge in [-0.05, 0) is 52.0 Å². The fourth-order valence-corrected chi connectivity index (χ4v) is 4.31. The van der Waals surface area contributed by atoms with Crippen LogP contribution in [0.2, 0.25) is 0 Å². The van der Waals surface area contributed by atoms with E-state index in [1.165, 1.54) is 0 Å². The first-order valence-corrected chi connectivity index (χ1v) is 10.2. The summed E-state index contributed by atoms with van der Waals surface area (Å²) in [6, 6.07) is 0.295. The second-order valence-corrected chi connectivity index (χ2v) is 8.24. The van der Waals surface area contributed by atoms with Gasteiger partial charge in [-0.2, -0.15) is 0 Å². The molecule has 7 heteroatoms. The van der Waals surface area contributed by atoms with Crippen molar-refractivity contribution in [1.82, 2.24) is 15.1 Å². The lowest BCUT2D eigenvalue weighted by atomic mass is 10.0. The van der Waals surface area contributed by atoms with Crippen molar-refractivity contribution in [1.29, 1.82) is 0 Å². The molecule has 7 nitrogen and oxygen atoms in total. The molecule has 152 valence electrons. The van der Waals surface area contributed by atoms with Crippen LogP contribution in [0.5, 0.6) is 0 Å². The fourth-order valence-electron chi connectivity index (χ4n) is 4.31. The van der Waals surface area contributed by atoms with Crippen LogP contribution in [0.1, 0.15) is 47.0 Å². The normalized spacial score (nSPS) is 32.1. The molecule has 2 saturated heterocycles. The highest BCUT2D eigenvalue weighted by Crippen LogP contribution is 2.31. The smallest absolute Gasteiger partial charge is 0.410 e. The average Bonchev–Trinajstić information content (AvgIpc) is 2.94. The fraction of sp³-hybridized carbons (Fsp3) is 0.800. The van der Waals surface area contributed by atoms with Crippen molar-refractivity contribution in [3.05, 3.63) is 12.3 Å². The van der Waals surface area contributed by atoms with Gasteiger partial charge in [-0.1, -0.05) is 6.92 Å². The predicted octanol–water partition coefficient (Wildman–Crippen LogP) is 2.58. The molecule has 0 bridgehead atoms. The Morgan fingerprint density at radius 1 is 1.30 bits per heavy atom. The molecule has 3 rings (SSSR count). The van der Waals surface area contributed by atoms with Gasteiger partial charge in [0.05, 0.1) is 24.9 Å². The molecule has 0 aromatic heterocycles. The number of allylic oxidation sites excluding steroid dienone is 1. The van der Waals surface area contributed by atoms with E-state index in [2.05, 4.69) is 29.1 Å². The molecule has 0 saturated carbocycles. The number of nitrogens with one attached hydrogen (secondary N) is 1. The number of carbonyl (C=O) groups is 1. The van der Waals surface area contributed by atoms with E-state index in [4.69, 9.17) is 9.47 Å². The SMILES string of the molecule is CC(C)OC(=O)N1[C@H](C)C[C@H](C)[C@@H]1COC1CCN(C2N=CC=CN2)CC1. The number of hydrogen-bond donors (Lipinski definition) is 1. The predicted molar refractivity (Wildman–Crippen MR) is 106 cm³/mol. The summed E-state index contributed by atoms with van der Waals surface area (Å²) < 4.78 is 11.7. The molecule has 3 aliphatic heterocycles. The zero-order valence-electron chi connectivity index (χ0n) is 17.0. The second kappa shape index (κ2) is 9.06. The summed E-state index contributed by atoms with van der Waals surface area (Å²) in [5, 5.41) is 3.27. The maximum atomic E-state index is 12.5. The Morgan fingerprint density at radius 2 is 2.04 bits per heavy atom. The Morgan fingerprint density at radius 3 is 2.67 bits per heavy atom. The first-order valence-electron chi connectivity index (χ1n) is 10.2. The van der Waals surface area contributed by atoms with Crippen LogP contribution in [0, 0.1) is 5.92 Å². The molecule has 0 radical (unpaired) electrons. The maximum Gasteiger partial charge on any atom is 0.410 e. The van der Waals surface area contributed by atoms with Crippen molar-refractivity contribution in [2.24, 2.45) is 10.9 Å². The molecular formula is C20H34N4O3. The third-order valence-corrected chi connectivity index (χ3v) is 5.73. The first-order chi connectivity index (χ1) is 13.0. The highest BCUT2D eigenvalue weighted by Gasteiger charge is 2.41. The Hall–Kier alpha value is -1.60. The van der Waals surface area contributed by atoms with Crippen molar-refractivity contribution < 1.29 is 14.3 Å². The Kier molecular flexibility index (Phi) is 6.76. The van der Waals surface area contributed by atoms with Gasteiger partial charge in [0, 0.05) is 31.5 Å². The lowest BCUT2D eigenvalue weighted by Gasteiger charge is -2.37. The summed E-state index contributed by atoms with van der Waals surface area (Å²) in [6.07, 6.45) is 8.66. The maximum absolute atomic E-state index is 12.5. The van der Waals surface area contributed by atoms with Gasteiger partial charge in [0.15, 0.2) is 6.29 Å². The summed E-state index contributed by atoms with van der Waals surface area (Å²) in [5.74, 6) is 0.423. The number of amides is 1. The average molecular weight is 379 g/mol. The van der Waals surface area contributed by atoms with Gasteiger partial charge in [0.2, 0.25) is 0 Å². The second-order valence-electron chi connectivity index (χ2n) is 8.24. The van der Waals surface area contributed by atoms with E-state index in [1.807, 2.05) is 37.2 Å². The lowest BCUT2D eigenvalue weighted by Crippen LogP contribution is -2.49. The monoisotopic (exact) mass is 378 g/mol. The highest BCUT2D eigenvalue weighted by atomic mass is 16.6. The molecule has 1 amide bonds. The summed E-state index contributed by atoms with van der Waals surface area (Å²) in [6.45, 7) is 10.6.